The quantitative estimate of drug-likeness (QED) is 0.648. The fraction of sp³-hybridized carbons (Fsp3) is 0.778. The fourth-order valence-electron chi connectivity index (χ4n) is 3.07. The maximum absolute atomic E-state index is 12.3. The molecule has 0 saturated heterocycles. The molecule has 130 valence electrons. The minimum absolute atomic E-state index is 0.0434. The van der Waals surface area contributed by atoms with Crippen molar-refractivity contribution in [3.63, 3.8) is 0 Å². The molecule has 0 aromatic carbocycles. The highest BCUT2D eigenvalue weighted by Gasteiger charge is 2.21. The molecule has 1 amide bonds. The molecule has 1 fully saturated rings. The Morgan fingerprint density at radius 1 is 1.22 bits per heavy atom. The van der Waals surface area contributed by atoms with Gasteiger partial charge < -0.3 is 10.6 Å². The molecule has 1 saturated carbocycles. The molecule has 5 heteroatoms. The second-order valence-corrected chi connectivity index (χ2v) is 7.69. The standard InChI is InChI=1S/C18H32N4O/c1-18(2,3)16-13-15(22(4)21-16)17(23)20-12-11-19-14-9-7-5-6-8-10-14/h13-14,19H,5-12H2,1-4H3,(H,20,23). The van der Waals surface area contributed by atoms with Crippen LogP contribution < -0.4 is 10.6 Å². The lowest BCUT2D eigenvalue weighted by Gasteiger charge is -2.16. The second kappa shape index (κ2) is 7.95. The molecule has 2 rings (SSSR count). The Bertz CT molecular complexity index is 508. The molecule has 1 aliphatic rings. The van der Waals surface area contributed by atoms with Crippen LogP contribution in [0.5, 0.6) is 0 Å². The summed E-state index contributed by atoms with van der Waals surface area (Å²) in [5.41, 5.74) is 1.53. The van der Waals surface area contributed by atoms with E-state index < -0.39 is 0 Å². The highest BCUT2D eigenvalue weighted by atomic mass is 16.2. The van der Waals surface area contributed by atoms with Gasteiger partial charge in [0, 0.05) is 31.6 Å². The first-order valence-corrected chi connectivity index (χ1v) is 8.94. The summed E-state index contributed by atoms with van der Waals surface area (Å²) >= 11 is 0. The van der Waals surface area contributed by atoms with Crippen molar-refractivity contribution < 1.29 is 4.79 Å². The Morgan fingerprint density at radius 2 is 1.87 bits per heavy atom. The number of amides is 1. The van der Waals surface area contributed by atoms with Crippen LogP contribution in [0.25, 0.3) is 0 Å². The van der Waals surface area contributed by atoms with E-state index in [9.17, 15) is 4.79 Å². The molecular weight excluding hydrogens is 288 g/mol. The van der Waals surface area contributed by atoms with Gasteiger partial charge in [0.15, 0.2) is 0 Å². The molecule has 1 aromatic rings. The van der Waals surface area contributed by atoms with E-state index in [4.69, 9.17) is 0 Å². The molecule has 5 nitrogen and oxygen atoms in total. The molecular formula is C18H32N4O. The fourth-order valence-corrected chi connectivity index (χ4v) is 3.07. The summed E-state index contributed by atoms with van der Waals surface area (Å²) in [6.45, 7) is 7.81. The largest absolute Gasteiger partial charge is 0.349 e. The molecule has 0 spiro atoms. The third-order valence-electron chi connectivity index (χ3n) is 4.58. The Labute approximate surface area is 140 Å². The summed E-state index contributed by atoms with van der Waals surface area (Å²) in [7, 11) is 1.83. The average Bonchev–Trinajstić information content (AvgIpc) is 2.71. The van der Waals surface area contributed by atoms with Gasteiger partial charge in [0.25, 0.3) is 5.91 Å². The van der Waals surface area contributed by atoms with Crippen molar-refractivity contribution in [1.82, 2.24) is 20.4 Å². The van der Waals surface area contributed by atoms with Crippen LogP contribution in [-0.2, 0) is 12.5 Å². The zero-order valence-corrected chi connectivity index (χ0v) is 15.1. The maximum atomic E-state index is 12.3. The van der Waals surface area contributed by atoms with Gasteiger partial charge in [-0.15, -0.1) is 0 Å². The zero-order chi connectivity index (χ0) is 16.9. The van der Waals surface area contributed by atoms with Crippen molar-refractivity contribution in [2.45, 2.75) is 70.8 Å². The number of carbonyl (C=O) groups is 1. The van der Waals surface area contributed by atoms with E-state index in [0.717, 1.165) is 12.2 Å². The van der Waals surface area contributed by atoms with Gasteiger partial charge in [0.2, 0.25) is 0 Å². The van der Waals surface area contributed by atoms with Crippen molar-refractivity contribution in [2.24, 2.45) is 7.05 Å². The van der Waals surface area contributed by atoms with Gasteiger partial charge in [-0.05, 0) is 18.9 Å². The number of nitrogens with one attached hydrogen (secondary N) is 2. The molecule has 0 atom stereocenters. The van der Waals surface area contributed by atoms with Crippen LogP contribution in [0.4, 0.5) is 0 Å². The van der Waals surface area contributed by atoms with E-state index in [1.165, 1.54) is 38.5 Å². The number of aromatic nitrogens is 2. The molecule has 1 aliphatic carbocycles. The van der Waals surface area contributed by atoms with E-state index in [1.54, 1.807) is 4.68 Å². The smallest absolute Gasteiger partial charge is 0.269 e. The van der Waals surface area contributed by atoms with Gasteiger partial charge in [-0.3, -0.25) is 9.48 Å². The molecule has 0 bridgehead atoms. The van der Waals surface area contributed by atoms with Crippen molar-refractivity contribution in [2.75, 3.05) is 13.1 Å². The number of carbonyl (C=O) groups excluding carboxylic acids is 1. The van der Waals surface area contributed by atoms with E-state index >= 15 is 0 Å². The summed E-state index contributed by atoms with van der Waals surface area (Å²) in [5, 5.41) is 11.0. The van der Waals surface area contributed by atoms with Gasteiger partial charge in [-0.25, -0.2) is 0 Å². The first-order chi connectivity index (χ1) is 10.9. The molecule has 2 N–H and O–H groups in total. The topological polar surface area (TPSA) is 59.0 Å². The molecule has 1 aromatic heterocycles. The average molecular weight is 320 g/mol. The SMILES string of the molecule is Cn1nc(C(C)(C)C)cc1C(=O)NCCNC1CCCCCC1. The van der Waals surface area contributed by atoms with Gasteiger partial charge in [0.1, 0.15) is 5.69 Å². The Balaban J connectivity index is 1.77. The lowest BCUT2D eigenvalue weighted by Crippen LogP contribution is -2.37. The summed E-state index contributed by atoms with van der Waals surface area (Å²) in [4.78, 5) is 12.3. The number of hydrogen-bond donors (Lipinski definition) is 2. The summed E-state index contributed by atoms with van der Waals surface area (Å²) in [5.74, 6) is -0.0434. The van der Waals surface area contributed by atoms with Gasteiger partial charge >= 0.3 is 0 Å². The summed E-state index contributed by atoms with van der Waals surface area (Å²) < 4.78 is 1.68. The third kappa shape index (κ3) is 5.34. The van der Waals surface area contributed by atoms with Crippen LogP contribution in [0, 0.1) is 0 Å². The molecule has 0 unspecified atom stereocenters. The van der Waals surface area contributed by atoms with Gasteiger partial charge in [0.05, 0.1) is 5.69 Å². The monoisotopic (exact) mass is 320 g/mol. The number of hydrogen-bond acceptors (Lipinski definition) is 3. The van der Waals surface area contributed by atoms with E-state index in [2.05, 4.69) is 36.5 Å². The third-order valence-corrected chi connectivity index (χ3v) is 4.58. The van der Waals surface area contributed by atoms with Crippen molar-refractivity contribution in [1.29, 1.82) is 0 Å². The predicted octanol–water partition coefficient (Wildman–Crippen LogP) is 2.76. The lowest BCUT2D eigenvalue weighted by molar-refractivity contribution is 0.0944. The first kappa shape index (κ1) is 18.0. The number of nitrogens with zero attached hydrogens (tertiary/aromatic N) is 2. The van der Waals surface area contributed by atoms with Crippen LogP contribution in [-0.4, -0.2) is 34.8 Å². The number of aryl methyl sites for hydroxylation is 1. The lowest BCUT2D eigenvalue weighted by atomic mass is 9.92. The van der Waals surface area contributed by atoms with Crippen molar-refractivity contribution >= 4 is 5.91 Å². The van der Waals surface area contributed by atoms with Crippen molar-refractivity contribution in [3.8, 4) is 0 Å². The predicted molar refractivity (Wildman–Crippen MR) is 93.7 cm³/mol. The minimum atomic E-state index is -0.0443. The Hall–Kier alpha value is -1.36. The molecule has 23 heavy (non-hydrogen) atoms. The van der Waals surface area contributed by atoms with E-state index in [1.807, 2.05) is 13.1 Å². The van der Waals surface area contributed by atoms with Crippen LogP contribution in [0.3, 0.4) is 0 Å². The first-order valence-electron chi connectivity index (χ1n) is 8.94. The molecule has 0 aliphatic heterocycles. The molecule has 1 heterocycles. The van der Waals surface area contributed by atoms with Gasteiger partial charge in [-0.1, -0.05) is 46.5 Å². The summed E-state index contributed by atoms with van der Waals surface area (Å²) in [6, 6.07) is 2.52. The highest BCUT2D eigenvalue weighted by molar-refractivity contribution is 5.92. The van der Waals surface area contributed by atoms with Crippen LogP contribution in [0.2, 0.25) is 0 Å². The van der Waals surface area contributed by atoms with Crippen LogP contribution >= 0.6 is 0 Å². The summed E-state index contributed by atoms with van der Waals surface area (Å²) in [6.07, 6.45) is 7.93. The van der Waals surface area contributed by atoms with Gasteiger partial charge in [-0.2, -0.15) is 5.10 Å². The van der Waals surface area contributed by atoms with Crippen molar-refractivity contribution in [3.05, 3.63) is 17.5 Å². The minimum Gasteiger partial charge on any atom is -0.349 e. The Morgan fingerprint density at radius 3 is 2.43 bits per heavy atom. The number of rotatable bonds is 5. The second-order valence-electron chi connectivity index (χ2n) is 7.69. The zero-order valence-electron chi connectivity index (χ0n) is 15.1. The van der Waals surface area contributed by atoms with E-state index in [-0.39, 0.29) is 11.3 Å². The maximum Gasteiger partial charge on any atom is 0.269 e. The highest BCUT2D eigenvalue weighted by Crippen LogP contribution is 2.21. The molecule has 0 radical (unpaired) electrons. The Kier molecular flexibility index (Phi) is 6.22. The van der Waals surface area contributed by atoms with Crippen LogP contribution in [0.15, 0.2) is 6.07 Å². The van der Waals surface area contributed by atoms with E-state index in [0.29, 0.717) is 18.3 Å². The normalized spacial score (nSPS) is 17.0. The van der Waals surface area contributed by atoms with Crippen LogP contribution in [0.1, 0.15) is 75.5 Å².